The van der Waals surface area contributed by atoms with Gasteiger partial charge in [-0.05, 0) is 89.9 Å². The van der Waals surface area contributed by atoms with E-state index in [1.807, 2.05) is 41.5 Å². The summed E-state index contributed by atoms with van der Waals surface area (Å²) < 4.78 is 40.4. The van der Waals surface area contributed by atoms with Gasteiger partial charge in [0.1, 0.15) is 11.9 Å². The van der Waals surface area contributed by atoms with Crippen molar-refractivity contribution < 1.29 is 53.3 Å². The number of carboxylic acids is 1. The van der Waals surface area contributed by atoms with E-state index in [-0.39, 0.29) is 53.9 Å². The van der Waals surface area contributed by atoms with Crippen molar-refractivity contribution in [2.45, 2.75) is 212 Å². The van der Waals surface area contributed by atoms with E-state index in [9.17, 15) is 24.9 Å². The fraction of sp³-hybridized carbons (Fsp3) is 0.953. The Morgan fingerprint density at radius 2 is 1.52 bits per heavy atom. The lowest BCUT2D eigenvalue weighted by atomic mass is 9.72. The zero-order valence-electron chi connectivity index (χ0n) is 35.2. The van der Waals surface area contributed by atoms with Gasteiger partial charge in [0.05, 0.1) is 53.7 Å². The van der Waals surface area contributed by atoms with Crippen LogP contribution in [-0.2, 0) is 38.0 Å². The Morgan fingerprint density at radius 3 is 2.11 bits per heavy atom. The van der Waals surface area contributed by atoms with E-state index in [0.29, 0.717) is 64.2 Å². The van der Waals surface area contributed by atoms with Gasteiger partial charge in [-0.2, -0.15) is 0 Å². The Morgan fingerprint density at radius 1 is 0.833 bits per heavy atom. The molecule has 5 saturated heterocycles. The lowest BCUT2D eigenvalue weighted by molar-refractivity contribution is -0.443. The lowest BCUT2D eigenvalue weighted by Gasteiger charge is -2.57. The molecule has 0 radical (unpaired) electrons. The SMILES string of the molecule is CC[C@@H](C(=O)[C@@H](C)[C@@H](O)[C@H](C)[C@@H]1O[C@@H]([C@@H](CC)C(=O)O)CC[C@@H]1C)[C@H]1O[C@]2(CCC(OC)C3(CC[C@@](C)([C@H]4CC[C@](O)(CC)[C@H](C)O4)O3)O2)[C@H](C)C[C@@H]1C. The number of aliphatic hydroxyl groups is 2. The Balaban J connectivity index is 1.32. The van der Waals surface area contributed by atoms with Gasteiger partial charge in [-0.25, -0.2) is 0 Å². The van der Waals surface area contributed by atoms with Crippen LogP contribution in [0.2, 0.25) is 0 Å². The summed E-state index contributed by atoms with van der Waals surface area (Å²) in [6, 6.07) is 0. The highest BCUT2D eigenvalue weighted by Crippen LogP contribution is 2.56. The number of carbonyl (C=O) groups excluding carboxylic acids is 1. The Labute approximate surface area is 324 Å². The third kappa shape index (κ3) is 8.10. The van der Waals surface area contributed by atoms with Crippen molar-refractivity contribution >= 4 is 11.8 Å². The minimum absolute atomic E-state index is 0.0315. The number of Topliss-reactive ketones (excluding diaryl/α,β-unsaturated/α-hetero) is 1. The molecule has 5 heterocycles. The molecule has 0 bridgehead atoms. The first kappa shape index (κ1) is 43.9. The molecule has 54 heavy (non-hydrogen) atoms. The molecule has 5 aliphatic rings. The second kappa shape index (κ2) is 17.0. The first-order valence-corrected chi connectivity index (χ1v) is 21.4. The number of ketones is 1. The Hall–Kier alpha value is -1.18. The van der Waals surface area contributed by atoms with Gasteiger partial charge in [-0.1, -0.05) is 55.4 Å². The Bertz CT molecular complexity index is 1300. The average molecular weight is 767 g/mol. The molecule has 2 spiro atoms. The molecule has 5 rings (SSSR count). The molecule has 2 unspecified atom stereocenters. The van der Waals surface area contributed by atoms with Crippen LogP contribution in [-0.4, -0.2) is 99.7 Å². The summed E-state index contributed by atoms with van der Waals surface area (Å²) >= 11 is 0. The van der Waals surface area contributed by atoms with Gasteiger partial charge in [0.2, 0.25) is 0 Å². The van der Waals surface area contributed by atoms with E-state index >= 15 is 0 Å². The third-order valence-electron chi connectivity index (χ3n) is 15.1. The minimum atomic E-state index is -1.05. The van der Waals surface area contributed by atoms with Crippen LogP contribution in [0, 0.1) is 41.4 Å². The first-order valence-electron chi connectivity index (χ1n) is 21.4. The molecule has 0 amide bonds. The van der Waals surface area contributed by atoms with Crippen LogP contribution < -0.4 is 0 Å². The molecule has 312 valence electrons. The van der Waals surface area contributed by atoms with Crippen molar-refractivity contribution in [1.82, 2.24) is 0 Å². The van der Waals surface area contributed by atoms with Gasteiger partial charge in [-0.3, -0.25) is 9.59 Å². The Kier molecular flexibility index (Phi) is 13.8. The topological polar surface area (TPSA) is 150 Å². The van der Waals surface area contributed by atoms with Crippen LogP contribution >= 0.6 is 0 Å². The number of hydrogen-bond donors (Lipinski definition) is 3. The highest BCUT2D eigenvalue weighted by Gasteiger charge is 2.65. The predicted molar refractivity (Wildman–Crippen MR) is 204 cm³/mol. The van der Waals surface area contributed by atoms with E-state index in [4.69, 9.17) is 28.4 Å². The maximum absolute atomic E-state index is 14.5. The van der Waals surface area contributed by atoms with Crippen LogP contribution in [0.3, 0.4) is 0 Å². The van der Waals surface area contributed by atoms with Crippen LogP contribution in [0.1, 0.15) is 146 Å². The number of hydrogen-bond acceptors (Lipinski definition) is 10. The number of rotatable bonds is 13. The number of ether oxygens (including phenoxy) is 6. The summed E-state index contributed by atoms with van der Waals surface area (Å²) in [7, 11) is 1.70. The quantitative estimate of drug-likeness (QED) is 0.177. The number of carbonyl (C=O) groups is 2. The summed E-state index contributed by atoms with van der Waals surface area (Å²) in [5.41, 5.74) is -1.48. The molecule has 11 nitrogen and oxygen atoms in total. The molecule has 0 saturated carbocycles. The van der Waals surface area contributed by atoms with Gasteiger partial charge < -0.3 is 43.7 Å². The molecule has 11 heteroatoms. The van der Waals surface area contributed by atoms with Gasteiger partial charge in [0.25, 0.3) is 0 Å². The molecule has 0 aliphatic carbocycles. The molecule has 5 fully saturated rings. The van der Waals surface area contributed by atoms with Crippen molar-refractivity contribution in [2.24, 2.45) is 41.4 Å². The second-order valence-electron chi connectivity index (χ2n) is 18.5. The fourth-order valence-corrected chi connectivity index (χ4v) is 11.2. The van der Waals surface area contributed by atoms with E-state index in [0.717, 1.165) is 12.8 Å². The predicted octanol–water partition coefficient (Wildman–Crippen LogP) is 7.07. The van der Waals surface area contributed by atoms with E-state index in [2.05, 4.69) is 27.7 Å². The van der Waals surface area contributed by atoms with E-state index in [1.165, 1.54) is 0 Å². The number of methoxy groups -OCH3 is 1. The van der Waals surface area contributed by atoms with Crippen molar-refractivity contribution in [1.29, 1.82) is 0 Å². The van der Waals surface area contributed by atoms with Crippen molar-refractivity contribution in [3.8, 4) is 0 Å². The van der Waals surface area contributed by atoms with Crippen molar-refractivity contribution in [2.75, 3.05) is 7.11 Å². The first-order chi connectivity index (χ1) is 25.3. The molecule has 5 aliphatic heterocycles. The van der Waals surface area contributed by atoms with Crippen LogP contribution in [0.25, 0.3) is 0 Å². The van der Waals surface area contributed by atoms with Crippen molar-refractivity contribution in [3.05, 3.63) is 0 Å². The number of carboxylic acid groups (broad SMARTS) is 1. The molecule has 0 aromatic carbocycles. The highest BCUT2D eigenvalue weighted by molar-refractivity contribution is 5.84. The molecule has 18 atom stereocenters. The number of aliphatic hydroxyl groups excluding tert-OH is 1. The second-order valence-corrected chi connectivity index (χ2v) is 18.5. The molecule has 0 aromatic rings. The highest BCUT2D eigenvalue weighted by atomic mass is 16.8. The normalized spacial score (nSPS) is 45.8. The van der Waals surface area contributed by atoms with Crippen LogP contribution in [0.15, 0.2) is 0 Å². The monoisotopic (exact) mass is 767 g/mol. The zero-order chi connectivity index (χ0) is 40.0. The van der Waals surface area contributed by atoms with E-state index < -0.39 is 64.8 Å². The lowest BCUT2D eigenvalue weighted by Crippen LogP contribution is -2.65. The summed E-state index contributed by atoms with van der Waals surface area (Å²) in [4.78, 5) is 26.5. The maximum atomic E-state index is 14.5. The maximum Gasteiger partial charge on any atom is 0.309 e. The molecule has 0 aromatic heterocycles. The van der Waals surface area contributed by atoms with Gasteiger partial charge in [0, 0.05) is 43.6 Å². The largest absolute Gasteiger partial charge is 0.481 e. The standard InChI is InChI=1S/C43H74O11/c1-12-30(39(46)47)32-16-15-24(4)37(51-32)28(8)35(44)27(7)36(45)31(13-2)38-25(5)23-26(6)42(52-38)20-18-34(49-11)43(54-42)22-21-40(10,53-43)33-17-19-41(48,14-3)29(9)50-33/h24-35,37-38,44,48H,12-23H2,1-11H3,(H,46,47)/t24-,25-,26+,27-,28-,29-,30+,31-,32+,33+,34?,35+,37+,38-,40-,41+,42-,43?/m0/s1. The third-order valence-corrected chi connectivity index (χ3v) is 15.1. The van der Waals surface area contributed by atoms with Crippen LogP contribution in [0.4, 0.5) is 0 Å². The smallest absolute Gasteiger partial charge is 0.309 e. The summed E-state index contributed by atoms with van der Waals surface area (Å²) in [6.07, 6.45) is 4.92. The summed E-state index contributed by atoms with van der Waals surface area (Å²) in [5, 5.41) is 32.7. The van der Waals surface area contributed by atoms with Crippen LogP contribution in [0.5, 0.6) is 0 Å². The summed E-state index contributed by atoms with van der Waals surface area (Å²) in [6.45, 7) is 20.1. The van der Waals surface area contributed by atoms with Crippen molar-refractivity contribution in [3.63, 3.8) is 0 Å². The molecule has 3 N–H and O–H groups in total. The van der Waals surface area contributed by atoms with Gasteiger partial charge >= 0.3 is 5.97 Å². The fourth-order valence-electron chi connectivity index (χ4n) is 11.2. The van der Waals surface area contributed by atoms with Gasteiger partial charge in [0.15, 0.2) is 11.6 Å². The minimum Gasteiger partial charge on any atom is -0.481 e. The van der Waals surface area contributed by atoms with Gasteiger partial charge in [-0.15, -0.1) is 0 Å². The molecular formula is C43H74O11. The summed E-state index contributed by atoms with van der Waals surface area (Å²) in [5.74, 6) is -4.78. The van der Waals surface area contributed by atoms with E-state index in [1.54, 1.807) is 7.11 Å². The zero-order valence-corrected chi connectivity index (χ0v) is 35.2. The molecular weight excluding hydrogens is 692 g/mol. The number of aliphatic carboxylic acids is 1. The average Bonchev–Trinajstić information content (AvgIpc) is 3.48.